The van der Waals surface area contributed by atoms with Gasteiger partial charge in [0.05, 0.1) is 0 Å². The molecule has 0 aromatic rings. The van der Waals surface area contributed by atoms with Crippen molar-refractivity contribution in [2.45, 2.75) is 25.9 Å². The second-order valence-corrected chi connectivity index (χ2v) is 5.03. The topological polar surface area (TPSA) is 18.5 Å². The zero-order chi connectivity index (χ0) is 10.1. The Kier molecular flexibility index (Phi) is 3.10. The Bertz CT molecular complexity index is 195. The fourth-order valence-electron chi connectivity index (χ4n) is 2.72. The highest BCUT2D eigenvalue weighted by atomic mass is 15.3. The van der Waals surface area contributed by atoms with Gasteiger partial charge in [-0.05, 0) is 26.4 Å². The molecule has 3 nitrogen and oxygen atoms in total. The molecule has 0 saturated carbocycles. The molecule has 2 saturated heterocycles. The van der Waals surface area contributed by atoms with Crippen molar-refractivity contribution in [1.29, 1.82) is 0 Å². The van der Waals surface area contributed by atoms with Crippen LogP contribution in [0.15, 0.2) is 0 Å². The summed E-state index contributed by atoms with van der Waals surface area (Å²) in [6.45, 7) is 10.8. The molecule has 3 atom stereocenters. The molecule has 0 amide bonds. The van der Waals surface area contributed by atoms with Crippen LogP contribution in [-0.4, -0.2) is 61.7 Å². The van der Waals surface area contributed by atoms with E-state index in [4.69, 9.17) is 0 Å². The van der Waals surface area contributed by atoms with Crippen molar-refractivity contribution >= 4 is 0 Å². The van der Waals surface area contributed by atoms with Gasteiger partial charge in [-0.2, -0.15) is 0 Å². The number of nitrogens with zero attached hydrogens (tertiary/aromatic N) is 2. The highest BCUT2D eigenvalue weighted by Crippen LogP contribution is 2.19. The minimum atomic E-state index is 0.730. The monoisotopic (exact) mass is 197 g/mol. The van der Waals surface area contributed by atoms with Gasteiger partial charge in [0.2, 0.25) is 0 Å². The van der Waals surface area contributed by atoms with Crippen molar-refractivity contribution in [2.75, 3.05) is 39.8 Å². The van der Waals surface area contributed by atoms with Crippen molar-refractivity contribution in [3.8, 4) is 0 Å². The summed E-state index contributed by atoms with van der Waals surface area (Å²) in [5.41, 5.74) is 0. The molecule has 82 valence electrons. The Labute approximate surface area is 87.4 Å². The molecule has 0 bridgehead atoms. The van der Waals surface area contributed by atoms with E-state index in [0.29, 0.717) is 0 Å². The van der Waals surface area contributed by atoms with Crippen LogP contribution in [0.3, 0.4) is 0 Å². The molecular weight excluding hydrogens is 174 g/mol. The summed E-state index contributed by atoms with van der Waals surface area (Å²) in [5.74, 6) is 0.781. The summed E-state index contributed by atoms with van der Waals surface area (Å²) < 4.78 is 0. The minimum absolute atomic E-state index is 0.730. The molecule has 2 aliphatic heterocycles. The molecule has 0 spiro atoms. The normalized spacial score (nSPS) is 41.8. The van der Waals surface area contributed by atoms with Crippen LogP contribution in [0.1, 0.15) is 13.8 Å². The molecule has 1 N–H and O–H groups in total. The van der Waals surface area contributed by atoms with Gasteiger partial charge in [-0.1, -0.05) is 6.92 Å². The summed E-state index contributed by atoms with van der Waals surface area (Å²) in [4.78, 5) is 5.15. The maximum absolute atomic E-state index is 3.58. The lowest BCUT2D eigenvalue weighted by Crippen LogP contribution is -2.56. The van der Waals surface area contributed by atoms with Crippen LogP contribution in [0.25, 0.3) is 0 Å². The molecule has 0 aromatic carbocycles. The molecule has 2 fully saturated rings. The first-order chi connectivity index (χ1) is 6.68. The number of piperazine rings is 1. The smallest absolute Gasteiger partial charge is 0.0351 e. The maximum Gasteiger partial charge on any atom is 0.0351 e. The number of nitrogens with one attached hydrogen (secondary N) is 1. The average Bonchev–Trinajstić information content (AvgIpc) is 2.28. The van der Waals surface area contributed by atoms with Gasteiger partial charge in [-0.3, -0.25) is 4.90 Å². The van der Waals surface area contributed by atoms with Gasteiger partial charge in [-0.15, -0.1) is 0 Å². The number of likely N-dealkylation sites (N-methyl/N-ethyl adjacent to an activating group) is 1. The standard InChI is InChI=1S/C11H23N3/c1-9-6-12-7-11-8-13(3)4-5-14(11)10(9)2/h9-12H,4-8H2,1-3H3/t9-,10-,11-/m1/s1. The zero-order valence-corrected chi connectivity index (χ0v) is 9.66. The molecule has 2 heterocycles. The van der Waals surface area contributed by atoms with Gasteiger partial charge in [0.1, 0.15) is 0 Å². The summed E-state index contributed by atoms with van der Waals surface area (Å²) in [7, 11) is 2.23. The van der Waals surface area contributed by atoms with Crippen LogP contribution < -0.4 is 5.32 Å². The van der Waals surface area contributed by atoms with Gasteiger partial charge in [-0.25, -0.2) is 0 Å². The third kappa shape index (κ3) is 1.95. The average molecular weight is 197 g/mol. The number of hydrogen-bond donors (Lipinski definition) is 1. The largest absolute Gasteiger partial charge is 0.315 e. The first-order valence-corrected chi connectivity index (χ1v) is 5.83. The molecule has 3 heteroatoms. The van der Waals surface area contributed by atoms with E-state index in [1.54, 1.807) is 0 Å². The SMILES string of the molecule is C[C@@H]1CNC[C@@H]2CN(C)CCN2[C@@H]1C. The third-order valence-corrected chi connectivity index (χ3v) is 3.92. The zero-order valence-electron chi connectivity index (χ0n) is 9.66. The van der Waals surface area contributed by atoms with E-state index in [0.717, 1.165) is 18.0 Å². The third-order valence-electron chi connectivity index (χ3n) is 3.92. The fourth-order valence-corrected chi connectivity index (χ4v) is 2.72. The van der Waals surface area contributed by atoms with E-state index in [-0.39, 0.29) is 0 Å². The lowest BCUT2D eigenvalue weighted by molar-refractivity contribution is 0.0543. The van der Waals surface area contributed by atoms with Gasteiger partial charge in [0.15, 0.2) is 0 Å². The fraction of sp³-hybridized carbons (Fsp3) is 1.00. The van der Waals surface area contributed by atoms with E-state index in [1.807, 2.05) is 0 Å². The van der Waals surface area contributed by atoms with Crippen LogP contribution >= 0.6 is 0 Å². The van der Waals surface area contributed by atoms with Crippen LogP contribution in [-0.2, 0) is 0 Å². The number of rotatable bonds is 0. The molecule has 14 heavy (non-hydrogen) atoms. The summed E-state index contributed by atoms with van der Waals surface area (Å²) in [6, 6.07) is 1.47. The first-order valence-electron chi connectivity index (χ1n) is 5.83. The summed E-state index contributed by atoms with van der Waals surface area (Å²) in [6.07, 6.45) is 0. The lowest BCUT2D eigenvalue weighted by Gasteiger charge is -2.42. The van der Waals surface area contributed by atoms with Crippen LogP contribution in [0.5, 0.6) is 0 Å². The van der Waals surface area contributed by atoms with Crippen molar-refractivity contribution in [3.63, 3.8) is 0 Å². The number of fused-ring (bicyclic) bond motifs is 1. The molecule has 2 aliphatic rings. The predicted molar refractivity (Wildman–Crippen MR) is 59.5 cm³/mol. The van der Waals surface area contributed by atoms with E-state index >= 15 is 0 Å². The summed E-state index contributed by atoms with van der Waals surface area (Å²) >= 11 is 0. The highest BCUT2D eigenvalue weighted by Gasteiger charge is 2.32. The molecule has 0 aliphatic carbocycles. The van der Waals surface area contributed by atoms with Crippen LogP contribution in [0, 0.1) is 5.92 Å². The number of hydrogen-bond acceptors (Lipinski definition) is 3. The van der Waals surface area contributed by atoms with Crippen molar-refractivity contribution in [2.24, 2.45) is 5.92 Å². The predicted octanol–water partition coefficient (Wildman–Crippen LogP) is 0.230. The quantitative estimate of drug-likeness (QED) is 0.600. The van der Waals surface area contributed by atoms with Gasteiger partial charge in [0, 0.05) is 38.3 Å². The molecule has 0 radical (unpaired) electrons. The van der Waals surface area contributed by atoms with Crippen molar-refractivity contribution in [1.82, 2.24) is 15.1 Å². The van der Waals surface area contributed by atoms with E-state index in [2.05, 4.69) is 36.0 Å². The van der Waals surface area contributed by atoms with Gasteiger partial charge in [0.25, 0.3) is 0 Å². The molecular formula is C11H23N3. The second kappa shape index (κ2) is 4.17. The Morgan fingerprint density at radius 2 is 1.93 bits per heavy atom. The van der Waals surface area contributed by atoms with Crippen molar-refractivity contribution < 1.29 is 0 Å². The molecule has 0 aromatic heterocycles. The highest BCUT2D eigenvalue weighted by molar-refractivity contribution is 4.90. The Balaban J connectivity index is 2.06. The summed E-state index contributed by atoms with van der Waals surface area (Å²) in [5, 5.41) is 3.58. The van der Waals surface area contributed by atoms with Crippen molar-refractivity contribution in [3.05, 3.63) is 0 Å². The molecule has 0 unspecified atom stereocenters. The minimum Gasteiger partial charge on any atom is -0.315 e. The Morgan fingerprint density at radius 3 is 2.71 bits per heavy atom. The van der Waals surface area contributed by atoms with Crippen LogP contribution in [0.2, 0.25) is 0 Å². The van der Waals surface area contributed by atoms with E-state index < -0.39 is 0 Å². The Hall–Kier alpha value is -0.120. The van der Waals surface area contributed by atoms with E-state index in [9.17, 15) is 0 Å². The first kappa shape index (κ1) is 10.4. The van der Waals surface area contributed by atoms with Gasteiger partial charge < -0.3 is 10.2 Å². The lowest BCUT2D eigenvalue weighted by atomic mass is 10.0. The molecule has 2 rings (SSSR count). The maximum atomic E-state index is 3.58. The van der Waals surface area contributed by atoms with Gasteiger partial charge >= 0.3 is 0 Å². The van der Waals surface area contributed by atoms with Crippen LogP contribution in [0.4, 0.5) is 0 Å². The van der Waals surface area contributed by atoms with E-state index in [1.165, 1.54) is 32.7 Å². The Morgan fingerprint density at radius 1 is 1.14 bits per heavy atom. The second-order valence-electron chi connectivity index (χ2n) is 5.03.